The molecule has 0 saturated carbocycles. The molecule has 0 aliphatic rings. The first kappa shape index (κ1) is 29.1. The van der Waals surface area contributed by atoms with E-state index in [-0.39, 0.29) is 12.3 Å². The molecule has 3 amide bonds. The number of carboxylic acid groups (broad SMARTS) is 1. The van der Waals surface area contributed by atoms with E-state index in [1.807, 2.05) is 37.3 Å². The number of hydrogen-bond donors (Lipinski definition) is 6. The minimum atomic E-state index is -1.18. The van der Waals surface area contributed by atoms with Crippen LogP contribution in [-0.4, -0.2) is 59.5 Å². The molecule has 1 rings (SSSR count). The number of carboxylic acids is 1. The highest BCUT2D eigenvalue weighted by Gasteiger charge is 2.32. The Labute approximate surface area is 201 Å². The van der Waals surface area contributed by atoms with E-state index in [1.54, 1.807) is 6.92 Å². The molecule has 0 aromatic heterocycles. The fourth-order valence-corrected chi connectivity index (χ4v) is 3.30. The van der Waals surface area contributed by atoms with Gasteiger partial charge in [0.15, 0.2) is 0 Å². The smallest absolute Gasteiger partial charge is 0.325 e. The van der Waals surface area contributed by atoms with Crippen LogP contribution in [0.15, 0.2) is 30.3 Å². The summed E-state index contributed by atoms with van der Waals surface area (Å²) < 4.78 is 0. The number of aliphatic carboxylic acids is 1. The number of rotatable bonds is 15. The SMILES string of the molecule is CCC(C)C(NC(=O)C(Cc1ccccc1)NC(=O)C(N)CCCCN)C(=O)NC(C)C(=O)O. The Kier molecular flexibility index (Phi) is 12.8. The second kappa shape index (κ2) is 15.0. The maximum Gasteiger partial charge on any atom is 0.325 e. The van der Waals surface area contributed by atoms with Gasteiger partial charge in [-0.1, -0.05) is 57.0 Å². The summed E-state index contributed by atoms with van der Waals surface area (Å²) in [5.41, 5.74) is 12.3. The van der Waals surface area contributed by atoms with Crippen LogP contribution in [0.5, 0.6) is 0 Å². The highest BCUT2D eigenvalue weighted by molar-refractivity contribution is 5.94. The van der Waals surface area contributed by atoms with Gasteiger partial charge in [0, 0.05) is 6.42 Å². The summed E-state index contributed by atoms with van der Waals surface area (Å²) in [6.07, 6.45) is 2.65. The Hall–Kier alpha value is -2.98. The van der Waals surface area contributed by atoms with Crippen LogP contribution in [0, 0.1) is 5.92 Å². The first-order valence-corrected chi connectivity index (χ1v) is 11.7. The van der Waals surface area contributed by atoms with Gasteiger partial charge in [0.1, 0.15) is 18.1 Å². The summed E-state index contributed by atoms with van der Waals surface area (Å²) in [7, 11) is 0. The summed E-state index contributed by atoms with van der Waals surface area (Å²) in [5.74, 6) is -3.05. The number of hydrogen-bond acceptors (Lipinski definition) is 6. The van der Waals surface area contributed by atoms with Crippen LogP contribution in [0.1, 0.15) is 52.0 Å². The molecular formula is C24H39N5O5. The maximum absolute atomic E-state index is 13.2. The van der Waals surface area contributed by atoms with Gasteiger partial charge in [-0.25, -0.2) is 0 Å². The highest BCUT2D eigenvalue weighted by atomic mass is 16.4. The zero-order valence-electron chi connectivity index (χ0n) is 20.3. The molecule has 5 atom stereocenters. The van der Waals surface area contributed by atoms with Crippen molar-refractivity contribution in [2.45, 2.75) is 77.0 Å². The van der Waals surface area contributed by atoms with Crippen molar-refractivity contribution in [2.75, 3.05) is 6.54 Å². The topological polar surface area (TPSA) is 177 Å². The first-order valence-electron chi connectivity index (χ1n) is 11.7. The van der Waals surface area contributed by atoms with E-state index in [9.17, 15) is 19.2 Å². The fraction of sp³-hybridized carbons (Fsp3) is 0.583. The van der Waals surface area contributed by atoms with E-state index in [1.165, 1.54) is 6.92 Å². The molecule has 10 nitrogen and oxygen atoms in total. The van der Waals surface area contributed by atoms with Crippen molar-refractivity contribution in [1.82, 2.24) is 16.0 Å². The third-order valence-electron chi connectivity index (χ3n) is 5.74. The number of unbranched alkanes of at least 4 members (excludes halogenated alkanes) is 1. The molecule has 0 heterocycles. The van der Waals surface area contributed by atoms with Gasteiger partial charge in [0.05, 0.1) is 6.04 Å². The van der Waals surface area contributed by atoms with Crippen molar-refractivity contribution in [1.29, 1.82) is 0 Å². The highest BCUT2D eigenvalue weighted by Crippen LogP contribution is 2.11. The van der Waals surface area contributed by atoms with Gasteiger partial charge in [0.25, 0.3) is 0 Å². The number of nitrogens with two attached hydrogens (primary N) is 2. The van der Waals surface area contributed by atoms with Gasteiger partial charge in [0.2, 0.25) is 17.7 Å². The van der Waals surface area contributed by atoms with Crippen LogP contribution in [0.3, 0.4) is 0 Å². The van der Waals surface area contributed by atoms with Crippen LogP contribution < -0.4 is 27.4 Å². The van der Waals surface area contributed by atoms with Gasteiger partial charge in [-0.2, -0.15) is 0 Å². The molecule has 190 valence electrons. The number of carbonyl (C=O) groups excluding carboxylic acids is 3. The lowest BCUT2D eigenvalue weighted by molar-refractivity contribution is -0.142. The molecule has 8 N–H and O–H groups in total. The van der Waals surface area contributed by atoms with Gasteiger partial charge < -0.3 is 32.5 Å². The van der Waals surface area contributed by atoms with Crippen molar-refractivity contribution in [2.24, 2.45) is 17.4 Å². The van der Waals surface area contributed by atoms with E-state index >= 15 is 0 Å². The zero-order valence-corrected chi connectivity index (χ0v) is 20.3. The summed E-state index contributed by atoms with van der Waals surface area (Å²) in [6.45, 7) is 5.50. The Morgan fingerprint density at radius 1 is 0.941 bits per heavy atom. The summed E-state index contributed by atoms with van der Waals surface area (Å²) in [4.78, 5) is 49.8. The van der Waals surface area contributed by atoms with E-state index < -0.39 is 47.9 Å². The molecule has 5 unspecified atom stereocenters. The van der Waals surface area contributed by atoms with Crippen molar-refractivity contribution in [3.8, 4) is 0 Å². The Balaban J connectivity index is 3.03. The van der Waals surface area contributed by atoms with E-state index in [0.717, 1.165) is 12.0 Å². The minimum absolute atomic E-state index is 0.203. The van der Waals surface area contributed by atoms with Crippen LogP contribution in [-0.2, 0) is 25.6 Å². The summed E-state index contributed by atoms with van der Waals surface area (Å²) in [5, 5.41) is 16.9. The third kappa shape index (κ3) is 9.88. The quantitative estimate of drug-likeness (QED) is 0.197. The van der Waals surface area contributed by atoms with Crippen molar-refractivity contribution in [3.05, 3.63) is 35.9 Å². The summed E-state index contributed by atoms with van der Waals surface area (Å²) in [6, 6.07) is 5.34. The number of carbonyl (C=O) groups is 4. The Bertz CT molecular complexity index is 804. The number of amides is 3. The molecule has 1 aromatic carbocycles. The molecule has 0 fully saturated rings. The molecule has 0 bridgehead atoms. The number of nitrogens with one attached hydrogen (secondary N) is 3. The first-order chi connectivity index (χ1) is 16.1. The minimum Gasteiger partial charge on any atom is -0.480 e. The lowest BCUT2D eigenvalue weighted by Gasteiger charge is -2.27. The standard InChI is InChI=1S/C24H39N5O5/c1-4-15(2)20(23(32)27-16(3)24(33)34)29-22(31)19(14-17-10-6-5-7-11-17)28-21(30)18(26)12-8-9-13-25/h5-7,10-11,15-16,18-20H,4,8-9,12-14,25-26H2,1-3H3,(H,27,32)(H,28,30)(H,29,31)(H,33,34). The molecule has 0 aliphatic heterocycles. The second-order valence-electron chi connectivity index (χ2n) is 8.58. The van der Waals surface area contributed by atoms with E-state index in [2.05, 4.69) is 16.0 Å². The molecule has 10 heteroatoms. The lowest BCUT2D eigenvalue weighted by atomic mass is 9.96. The Morgan fingerprint density at radius 2 is 1.59 bits per heavy atom. The van der Waals surface area contributed by atoms with Crippen LogP contribution in [0.25, 0.3) is 0 Å². The van der Waals surface area contributed by atoms with Crippen LogP contribution in [0.4, 0.5) is 0 Å². The molecule has 0 saturated heterocycles. The summed E-state index contributed by atoms with van der Waals surface area (Å²) >= 11 is 0. The Morgan fingerprint density at radius 3 is 2.15 bits per heavy atom. The van der Waals surface area contributed by atoms with Crippen molar-refractivity contribution >= 4 is 23.7 Å². The van der Waals surface area contributed by atoms with Gasteiger partial charge in [-0.05, 0) is 37.8 Å². The van der Waals surface area contributed by atoms with Crippen LogP contribution in [0.2, 0.25) is 0 Å². The van der Waals surface area contributed by atoms with Gasteiger partial charge in [-0.15, -0.1) is 0 Å². The third-order valence-corrected chi connectivity index (χ3v) is 5.74. The average molecular weight is 478 g/mol. The average Bonchev–Trinajstić information content (AvgIpc) is 2.81. The monoisotopic (exact) mass is 477 g/mol. The van der Waals surface area contributed by atoms with Gasteiger partial charge >= 0.3 is 5.97 Å². The van der Waals surface area contributed by atoms with E-state index in [4.69, 9.17) is 16.6 Å². The fourth-order valence-electron chi connectivity index (χ4n) is 3.30. The van der Waals surface area contributed by atoms with E-state index in [0.29, 0.717) is 25.8 Å². The predicted octanol–water partition coefficient (Wildman–Crippen LogP) is 0.290. The molecule has 34 heavy (non-hydrogen) atoms. The zero-order chi connectivity index (χ0) is 25.7. The normalized spacial score (nSPS) is 15.3. The second-order valence-corrected chi connectivity index (χ2v) is 8.58. The predicted molar refractivity (Wildman–Crippen MR) is 130 cm³/mol. The molecular weight excluding hydrogens is 438 g/mol. The maximum atomic E-state index is 13.2. The molecule has 1 aromatic rings. The lowest BCUT2D eigenvalue weighted by Crippen LogP contribution is -2.58. The van der Waals surface area contributed by atoms with Crippen LogP contribution >= 0.6 is 0 Å². The number of benzene rings is 1. The molecule has 0 spiro atoms. The van der Waals surface area contributed by atoms with Gasteiger partial charge in [-0.3, -0.25) is 19.2 Å². The largest absolute Gasteiger partial charge is 0.480 e. The van der Waals surface area contributed by atoms with Crippen molar-refractivity contribution < 1.29 is 24.3 Å². The molecule has 0 aliphatic carbocycles. The molecule has 0 radical (unpaired) electrons. The van der Waals surface area contributed by atoms with Crippen molar-refractivity contribution in [3.63, 3.8) is 0 Å².